The van der Waals surface area contributed by atoms with Crippen LogP contribution in [0.3, 0.4) is 0 Å². The fourth-order valence-corrected chi connectivity index (χ4v) is 4.03. The first-order valence-corrected chi connectivity index (χ1v) is 13.7. The Hall–Kier alpha value is -1.02. The van der Waals surface area contributed by atoms with Crippen LogP contribution in [0.15, 0.2) is 66.7 Å². The molecule has 27 heavy (non-hydrogen) atoms. The van der Waals surface area contributed by atoms with Crippen LogP contribution in [0.5, 0.6) is 5.75 Å². The Balaban J connectivity index is 0.000000817. The Labute approximate surface area is 180 Å². The van der Waals surface area contributed by atoms with Gasteiger partial charge in [-0.1, -0.05) is 57.1 Å². The molecular formula is C21H22Cl2NOPTi. The minimum atomic E-state index is -0.556. The van der Waals surface area contributed by atoms with Crippen molar-refractivity contribution in [3.05, 3.63) is 72.3 Å². The topological polar surface area (TPSA) is 23.5 Å². The fourth-order valence-electron chi connectivity index (χ4n) is 2.71. The Morgan fingerprint density at radius 1 is 0.852 bits per heavy atom. The molecule has 1 unspecified atom stereocenters. The molecule has 0 bridgehead atoms. The van der Waals surface area contributed by atoms with Crippen LogP contribution in [0.2, 0.25) is 0 Å². The summed E-state index contributed by atoms with van der Waals surface area (Å²) in [6.45, 7) is 2.10. The van der Waals surface area contributed by atoms with Crippen molar-refractivity contribution in [1.29, 1.82) is 0 Å². The quantitative estimate of drug-likeness (QED) is 0.420. The number of halogens is 2. The predicted molar refractivity (Wildman–Crippen MR) is 118 cm³/mol. The van der Waals surface area contributed by atoms with Crippen LogP contribution in [0, 0.1) is 6.92 Å². The van der Waals surface area contributed by atoms with Gasteiger partial charge in [0, 0.05) is 30.4 Å². The second-order valence-corrected chi connectivity index (χ2v) is 10.1. The van der Waals surface area contributed by atoms with Crippen LogP contribution >= 0.6 is 27.2 Å². The molecule has 1 N–H and O–H groups in total. The van der Waals surface area contributed by atoms with Crippen molar-refractivity contribution in [3.63, 3.8) is 0 Å². The van der Waals surface area contributed by atoms with Gasteiger partial charge in [0.05, 0.1) is 0 Å². The van der Waals surface area contributed by atoms with Gasteiger partial charge in [-0.2, -0.15) is 0 Å². The summed E-state index contributed by atoms with van der Waals surface area (Å²) < 4.78 is 0. The van der Waals surface area contributed by atoms with Crippen LogP contribution in [-0.2, 0) is 17.0 Å². The Bertz CT molecular complexity index is 875. The molecule has 3 aromatic carbocycles. The van der Waals surface area contributed by atoms with E-state index in [2.05, 4.69) is 62.3 Å². The number of anilines is 1. The molecule has 140 valence electrons. The van der Waals surface area contributed by atoms with Crippen molar-refractivity contribution in [1.82, 2.24) is 0 Å². The summed E-state index contributed by atoms with van der Waals surface area (Å²) >= 11 is -0.556. The van der Waals surface area contributed by atoms with Crippen molar-refractivity contribution in [2.75, 3.05) is 19.0 Å². The summed E-state index contributed by atoms with van der Waals surface area (Å²) in [5.41, 5.74) is 4.75. The molecule has 6 heteroatoms. The van der Waals surface area contributed by atoms with E-state index in [0.29, 0.717) is 14.3 Å². The van der Waals surface area contributed by atoms with E-state index in [1.165, 1.54) is 22.1 Å². The van der Waals surface area contributed by atoms with Gasteiger partial charge in [0.25, 0.3) is 0 Å². The van der Waals surface area contributed by atoms with E-state index in [1.807, 2.05) is 24.3 Å². The van der Waals surface area contributed by atoms with Gasteiger partial charge in [0.1, 0.15) is 5.75 Å². The Morgan fingerprint density at radius 2 is 1.52 bits per heavy atom. The summed E-state index contributed by atoms with van der Waals surface area (Å²) in [6.07, 6.45) is 0. The third kappa shape index (κ3) is 6.52. The summed E-state index contributed by atoms with van der Waals surface area (Å²) in [7, 11) is 14.3. The summed E-state index contributed by atoms with van der Waals surface area (Å²) in [5.74, 6) is 0.360. The summed E-state index contributed by atoms with van der Waals surface area (Å²) in [6, 6.07) is 22.6. The number of phenols is 1. The van der Waals surface area contributed by atoms with Crippen LogP contribution in [0.1, 0.15) is 5.56 Å². The van der Waals surface area contributed by atoms with E-state index < -0.39 is 17.0 Å². The molecule has 2 nitrogen and oxygen atoms in total. The second kappa shape index (κ2) is 11.1. The zero-order chi connectivity index (χ0) is 19.8. The van der Waals surface area contributed by atoms with Gasteiger partial charge < -0.3 is 10.0 Å². The van der Waals surface area contributed by atoms with Gasteiger partial charge in [0.2, 0.25) is 0 Å². The van der Waals surface area contributed by atoms with Crippen LogP contribution in [0.4, 0.5) is 5.69 Å². The third-order valence-corrected chi connectivity index (χ3v) is 5.37. The zero-order valence-electron chi connectivity index (χ0n) is 15.5. The van der Waals surface area contributed by atoms with Crippen molar-refractivity contribution in [2.24, 2.45) is 0 Å². The zero-order valence-corrected chi connectivity index (χ0v) is 19.6. The third-order valence-electron chi connectivity index (χ3n) is 4.01. The molecule has 0 saturated heterocycles. The second-order valence-electron chi connectivity index (χ2n) is 6.21. The number of rotatable bonds is 4. The summed E-state index contributed by atoms with van der Waals surface area (Å²) in [5, 5.41) is 12.5. The van der Waals surface area contributed by atoms with Crippen LogP contribution < -0.4 is 15.5 Å². The molecule has 3 rings (SSSR count). The molecule has 0 aliphatic rings. The molecule has 0 amide bonds. The molecule has 0 saturated carbocycles. The number of phenolic OH excluding ortho intramolecular Hbond substituents is 1. The maximum absolute atomic E-state index is 10.3. The Kier molecular flexibility index (Phi) is 9.16. The van der Waals surface area contributed by atoms with Gasteiger partial charge in [0.15, 0.2) is 0 Å². The maximum atomic E-state index is 10.3. The number of aromatic hydroxyl groups is 1. The molecule has 0 radical (unpaired) electrons. The number of nitrogens with zero attached hydrogens (tertiary/aromatic N) is 1. The van der Waals surface area contributed by atoms with E-state index in [0.717, 1.165) is 10.9 Å². The number of hydrogen-bond donors (Lipinski definition) is 1. The molecular weight excluding hydrogens is 432 g/mol. The van der Waals surface area contributed by atoms with Crippen molar-refractivity contribution in [2.45, 2.75) is 6.92 Å². The average molecular weight is 454 g/mol. The molecule has 0 fully saturated rings. The minimum absolute atomic E-state index is 0.360. The molecule has 0 aromatic heterocycles. The first-order valence-electron chi connectivity index (χ1n) is 8.36. The van der Waals surface area contributed by atoms with E-state index in [-0.39, 0.29) is 0 Å². The number of benzene rings is 3. The standard InChI is InChI=1S/C21H22NOP.2ClH.Ti/c1-15-9-12-20(18(13-15)22(2)3)24-21-14-17(10-11-19(21)23)16-7-5-4-6-8-16;;;/h4-14,23-24H,1-3H3;2*1H;/q;;;+2/p-2. The predicted octanol–water partition coefficient (Wildman–Crippen LogP) is 5.44. The van der Waals surface area contributed by atoms with Crippen molar-refractivity contribution in [3.8, 4) is 16.9 Å². The van der Waals surface area contributed by atoms with E-state index in [1.54, 1.807) is 6.07 Å². The number of hydrogen-bond acceptors (Lipinski definition) is 2. The Morgan fingerprint density at radius 3 is 2.15 bits per heavy atom. The monoisotopic (exact) mass is 453 g/mol. The van der Waals surface area contributed by atoms with Gasteiger partial charge in [-0.25, -0.2) is 0 Å². The van der Waals surface area contributed by atoms with Crippen molar-refractivity contribution >= 4 is 43.5 Å². The average Bonchev–Trinajstić information content (AvgIpc) is 2.66. The molecule has 0 spiro atoms. The normalized spacial score (nSPS) is 10.4. The van der Waals surface area contributed by atoms with Crippen LogP contribution in [0.25, 0.3) is 11.1 Å². The SMILES string of the molecule is Cc1ccc(Pc2cc(-c3ccccc3)ccc2O)c(N(C)C)c1.[Cl][Ti][Cl]. The first-order chi connectivity index (χ1) is 13.0. The molecule has 0 heterocycles. The van der Waals surface area contributed by atoms with E-state index in [9.17, 15) is 5.11 Å². The summed E-state index contributed by atoms with van der Waals surface area (Å²) in [4.78, 5) is 2.13. The van der Waals surface area contributed by atoms with E-state index >= 15 is 0 Å². The van der Waals surface area contributed by atoms with E-state index in [4.69, 9.17) is 18.6 Å². The first kappa shape index (κ1) is 22.3. The van der Waals surface area contributed by atoms with Gasteiger partial charge >= 0.3 is 35.6 Å². The molecule has 0 aliphatic heterocycles. The van der Waals surface area contributed by atoms with Gasteiger partial charge in [-0.3, -0.25) is 0 Å². The van der Waals surface area contributed by atoms with Crippen molar-refractivity contribution < 1.29 is 22.1 Å². The fraction of sp³-hybridized carbons (Fsp3) is 0.143. The number of aryl methyl sites for hydroxylation is 1. The van der Waals surface area contributed by atoms with Gasteiger partial charge in [-0.05, 0) is 41.8 Å². The molecule has 0 aliphatic carbocycles. The molecule has 3 aromatic rings. The van der Waals surface area contributed by atoms with Gasteiger partial charge in [-0.15, -0.1) is 0 Å². The molecule has 1 atom stereocenters. The van der Waals surface area contributed by atoms with Crippen LogP contribution in [-0.4, -0.2) is 19.2 Å².